The van der Waals surface area contributed by atoms with Crippen LogP contribution >= 0.6 is 0 Å². The van der Waals surface area contributed by atoms with Crippen molar-refractivity contribution in [3.8, 4) is 0 Å². The largest absolute Gasteiger partial charge is 0.390 e. The molecule has 0 aromatic rings. The summed E-state index contributed by atoms with van der Waals surface area (Å²) in [6.45, 7) is 0. The van der Waals surface area contributed by atoms with Crippen LogP contribution in [-0.2, 0) is 0 Å². The third kappa shape index (κ3) is 4.38. The van der Waals surface area contributed by atoms with E-state index >= 15 is 0 Å². The highest BCUT2D eigenvalue weighted by Gasteiger charge is 2.37. The fraction of sp³-hybridized carbons (Fsp3) is 1.00. The second kappa shape index (κ2) is 4.70. The number of halogens is 3. The van der Waals surface area contributed by atoms with Crippen LogP contribution in [0, 0.1) is 0 Å². The zero-order valence-corrected chi connectivity index (χ0v) is 8.90. The molecule has 1 aliphatic carbocycles. The first-order valence-corrected chi connectivity index (χ1v) is 5.31. The Morgan fingerprint density at radius 2 is 1.87 bits per heavy atom. The molecule has 0 aromatic heterocycles. The predicted molar refractivity (Wildman–Crippen MR) is 51.6 cm³/mol. The van der Waals surface area contributed by atoms with Crippen LogP contribution in [0.3, 0.4) is 0 Å². The first kappa shape index (κ1) is 12.8. The lowest BCUT2D eigenvalue weighted by Crippen LogP contribution is -2.40. The Hall–Kier alpha value is -0.290. The van der Waals surface area contributed by atoms with Crippen LogP contribution in [0.2, 0.25) is 0 Å². The average molecular weight is 225 g/mol. The van der Waals surface area contributed by atoms with E-state index in [9.17, 15) is 18.3 Å². The first-order chi connectivity index (χ1) is 6.85. The van der Waals surface area contributed by atoms with Crippen LogP contribution in [0.15, 0.2) is 0 Å². The Balaban J connectivity index is 2.35. The minimum absolute atomic E-state index is 0.160. The molecule has 0 heterocycles. The summed E-state index contributed by atoms with van der Waals surface area (Å²) in [6.07, 6.45) is -2.75. The van der Waals surface area contributed by atoms with Crippen molar-refractivity contribution in [3.63, 3.8) is 0 Å². The fourth-order valence-electron chi connectivity index (χ4n) is 2.07. The molecule has 0 spiro atoms. The zero-order valence-electron chi connectivity index (χ0n) is 8.90. The van der Waals surface area contributed by atoms with Gasteiger partial charge >= 0.3 is 6.18 Å². The van der Waals surface area contributed by atoms with Gasteiger partial charge in [-0.05, 0) is 39.2 Å². The lowest BCUT2D eigenvalue weighted by Gasteiger charge is -2.36. The van der Waals surface area contributed by atoms with Gasteiger partial charge in [0.05, 0.1) is 5.60 Å². The first-order valence-electron chi connectivity index (χ1n) is 5.31. The van der Waals surface area contributed by atoms with Crippen molar-refractivity contribution in [1.82, 2.24) is 5.32 Å². The lowest BCUT2D eigenvalue weighted by molar-refractivity contribution is -0.149. The van der Waals surface area contributed by atoms with E-state index in [1.807, 2.05) is 7.05 Å². The minimum atomic E-state index is -4.16. The van der Waals surface area contributed by atoms with Gasteiger partial charge in [-0.1, -0.05) is 0 Å². The van der Waals surface area contributed by atoms with Gasteiger partial charge in [-0.2, -0.15) is 13.2 Å². The Bertz CT molecular complexity index is 197. The maximum absolute atomic E-state index is 12.0. The molecule has 5 heteroatoms. The highest BCUT2D eigenvalue weighted by molar-refractivity contribution is 4.88. The van der Waals surface area contributed by atoms with E-state index in [4.69, 9.17) is 0 Å². The van der Waals surface area contributed by atoms with Crippen LogP contribution < -0.4 is 5.32 Å². The Labute approximate surface area is 87.9 Å². The highest BCUT2D eigenvalue weighted by atomic mass is 19.4. The topological polar surface area (TPSA) is 32.3 Å². The summed E-state index contributed by atoms with van der Waals surface area (Å²) >= 11 is 0. The predicted octanol–water partition coefficient (Wildman–Crippen LogP) is 2.22. The average Bonchev–Trinajstić information content (AvgIpc) is 2.16. The van der Waals surface area contributed by atoms with Crippen LogP contribution in [0.25, 0.3) is 0 Å². The molecule has 90 valence electrons. The Morgan fingerprint density at radius 3 is 2.27 bits per heavy atom. The molecule has 0 atom stereocenters. The summed E-state index contributed by atoms with van der Waals surface area (Å²) in [4.78, 5) is 0. The van der Waals surface area contributed by atoms with Crippen molar-refractivity contribution in [2.75, 3.05) is 7.05 Å². The molecule has 0 radical (unpaired) electrons. The number of nitrogens with one attached hydrogen (secondary N) is 1. The monoisotopic (exact) mass is 225 g/mol. The second-order valence-corrected chi connectivity index (χ2v) is 4.40. The summed E-state index contributed by atoms with van der Waals surface area (Å²) in [5.74, 6) is 0. The van der Waals surface area contributed by atoms with E-state index in [2.05, 4.69) is 5.32 Å². The maximum Gasteiger partial charge on any atom is 0.389 e. The molecule has 2 nitrogen and oxygen atoms in total. The Kier molecular flexibility index (Phi) is 4.00. The van der Waals surface area contributed by atoms with Crippen LogP contribution in [0.5, 0.6) is 0 Å². The smallest absolute Gasteiger partial charge is 0.389 e. The number of alkyl halides is 3. The van der Waals surface area contributed by atoms with Crippen molar-refractivity contribution in [2.24, 2.45) is 0 Å². The molecule has 1 aliphatic rings. The van der Waals surface area contributed by atoms with Crippen molar-refractivity contribution < 1.29 is 18.3 Å². The minimum Gasteiger partial charge on any atom is -0.390 e. The SMILES string of the molecule is CNC1CCC(O)(CCC(F)(F)F)CC1. The maximum atomic E-state index is 12.0. The van der Waals surface area contributed by atoms with Crippen LogP contribution in [0.1, 0.15) is 38.5 Å². The quantitative estimate of drug-likeness (QED) is 0.772. The van der Waals surface area contributed by atoms with Gasteiger partial charge in [0.25, 0.3) is 0 Å². The molecule has 1 saturated carbocycles. The molecule has 1 rings (SSSR count). The zero-order chi connectivity index (χ0) is 11.5. The van der Waals surface area contributed by atoms with E-state index in [0.29, 0.717) is 18.9 Å². The molecule has 15 heavy (non-hydrogen) atoms. The van der Waals surface area contributed by atoms with E-state index < -0.39 is 18.2 Å². The van der Waals surface area contributed by atoms with Crippen molar-refractivity contribution in [1.29, 1.82) is 0 Å². The molecule has 0 bridgehead atoms. The van der Waals surface area contributed by atoms with Crippen LogP contribution in [0.4, 0.5) is 13.2 Å². The molecular weight excluding hydrogens is 207 g/mol. The summed E-state index contributed by atoms with van der Waals surface area (Å²) in [5, 5.41) is 13.0. The van der Waals surface area contributed by atoms with Crippen molar-refractivity contribution >= 4 is 0 Å². The molecule has 0 amide bonds. The third-order valence-electron chi connectivity index (χ3n) is 3.20. The van der Waals surface area contributed by atoms with E-state index in [0.717, 1.165) is 12.8 Å². The summed E-state index contributed by atoms with van der Waals surface area (Å²) in [7, 11) is 1.84. The van der Waals surface area contributed by atoms with E-state index in [1.54, 1.807) is 0 Å². The van der Waals surface area contributed by atoms with Gasteiger partial charge in [0.15, 0.2) is 0 Å². The number of aliphatic hydroxyl groups is 1. The number of hydrogen-bond acceptors (Lipinski definition) is 2. The third-order valence-corrected chi connectivity index (χ3v) is 3.20. The summed E-state index contributed by atoms with van der Waals surface area (Å²) in [5.41, 5.74) is -1.09. The molecule has 0 aromatic carbocycles. The molecule has 0 aliphatic heterocycles. The Morgan fingerprint density at radius 1 is 1.33 bits per heavy atom. The normalized spacial score (nSPS) is 33.0. The number of rotatable bonds is 3. The number of hydrogen-bond donors (Lipinski definition) is 2. The van der Waals surface area contributed by atoms with Gasteiger partial charge in [-0.3, -0.25) is 0 Å². The van der Waals surface area contributed by atoms with Gasteiger partial charge in [0.1, 0.15) is 0 Å². The summed E-state index contributed by atoms with van der Waals surface area (Å²) in [6, 6.07) is 0.344. The molecule has 0 unspecified atom stereocenters. The van der Waals surface area contributed by atoms with Crippen molar-refractivity contribution in [2.45, 2.75) is 56.3 Å². The molecule has 1 fully saturated rings. The highest BCUT2D eigenvalue weighted by Crippen LogP contribution is 2.35. The molecular formula is C10H18F3NO. The fourth-order valence-corrected chi connectivity index (χ4v) is 2.07. The van der Waals surface area contributed by atoms with E-state index in [1.165, 1.54) is 0 Å². The van der Waals surface area contributed by atoms with Crippen LogP contribution in [-0.4, -0.2) is 30.0 Å². The summed E-state index contributed by atoms with van der Waals surface area (Å²) < 4.78 is 36.0. The van der Waals surface area contributed by atoms with E-state index in [-0.39, 0.29) is 6.42 Å². The van der Waals surface area contributed by atoms with Gasteiger partial charge in [-0.15, -0.1) is 0 Å². The molecule has 0 saturated heterocycles. The van der Waals surface area contributed by atoms with Crippen molar-refractivity contribution in [3.05, 3.63) is 0 Å². The lowest BCUT2D eigenvalue weighted by atomic mass is 9.79. The second-order valence-electron chi connectivity index (χ2n) is 4.40. The van der Waals surface area contributed by atoms with Gasteiger partial charge in [0.2, 0.25) is 0 Å². The van der Waals surface area contributed by atoms with Gasteiger partial charge < -0.3 is 10.4 Å². The van der Waals surface area contributed by atoms with Gasteiger partial charge in [0, 0.05) is 12.5 Å². The standard InChI is InChI=1S/C10H18F3NO/c1-14-8-2-4-9(15,5-3-8)6-7-10(11,12)13/h8,14-15H,2-7H2,1H3. The van der Waals surface area contributed by atoms with Gasteiger partial charge in [-0.25, -0.2) is 0 Å². The molecule has 2 N–H and O–H groups in total.